The zero-order valence-electron chi connectivity index (χ0n) is 19.0. The number of phosphoric acid groups is 1. The highest BCUT2D eigenvalue weighted by Gasteiger charge is 2.30. The highest BCUT2D eigenvalue weighted by molar-refractivity contribution is 7.49. The fourth-order valence-electron chi connectivity index (χ4n) is 3.41. The van der Waals surface area contributed by atoms with Gasteiger partial charge in [-0.15, -0.1) is 0 Å². The predicted octanol–water partition coefficient (Wildman–Crippen LogP) is 8.97. The summed E-state index contributed by atoms with van der Waals surface area (Å²) in [6, 6.07) is 18.0. The highest BCUT2D eigenvalue weighted by atomic mass is 31.2. The second-order valence-corrected chi connectivity index (χ2v) is 9.50. The molecule has 0 aromatic heterocycles. The van der Waals surface area contributed by atoms with Gasteiger partial charge in [-0.2, -0.15) is 0 Å². The minimum absolute atomic E-state index is 0.356. The Morgan fingerprint density at radius 2 is 0.968 bits per heavy atom. The number of phosphoric ester groups is 1. The van der Waals surface area contributed by atoms with Crippen molar-refractivity contribution in [3.8, 4) is 11.5 Å². The standard InChI is InChI=1S/C26H39O4P/c1-2-3-4-5-6-7-8-9-10-11-12-19-24-28-31(27,29-25-20-15-13-16-21-25)30-26-22-17-14-18-23-26/h13-18,20-23H,2-12,19,24H2,1H3. The summed E-state index contributed by atoms with van der Waals surface area (Å²) >= 11 is 0. The molecule has 0 fully saturated rings. The van der Waals surface area contributed by atoms with E-state index in [1.807, 2.05) is 36.4 Å². The maximum atomic E-state index is 13.2. The SMILES string of the molecule is CCCCCCCCCCCCCCOP(=O)(Oc1ccccc1)Oc1ccccc1. The van der Waals surface area contributed by atoms with Crippen LogP contribution in [0.5, 0.6) is 11.5 Å². The molecule has 0 bridgehead atoms. The molecule has 172 valence electrons. The lowest BCUT2D eigenvalue weighted by molar-refractivity contribution is 0.205. The van der Waals surface area contributed by atoms with Crippen molar-refractivity contribution in [1.29, 1.82) is 0 Å². The second-order valence-electron chi connectivity index (χ2n) is 7.98. The molecule has 0 spiro atoms. The van der Waals surface area contributed by atoms with E-state index in [0.29, 0.717) is 18.1 Å². The van der Waals surface area contributed by atoms with Gasteiger partial charge in [0.05, 0.1) is 6.61 Å². The van der Waals surface area contributed by atoms with Crippen LogP contribution in [0, 0.1) is 0 Å². The highest BCUT2D eigenvalue weighted by Crippen LogP contribution is 2.49. The van der Waals surface area contributed by atoms with Crippen molar-refractivity contribution in [3.63, 3.8) is 0 Å². The number of unbranched alkanes of at least 4 members (excludes halogenated alkanes) is 11. The summed E-state index contributed by atoms with van der Waals surface area (Å²) in [5.41, 5.74) is 0. The van der Waals surface area contributed by atoms with E-state index in [9.17, 15) is 4.57 Å². The Labute approximate surface area is 188 Å². The number of hydrogen-bond acceptors (Lipinski definition) is 4. The zero-order chi connectivity index (χ0) is 22.0. The summed E-state index contributed by atoms with van der Waals surface area (Å²) in [5, 5.41) is 0. The summed E-state index contributed by atoms with van der Waals surface area (Å²) < 4.78 is 30.1. The summed E-state index contributed by atoms with van der Waals surface area (Å²) in [5.74, 6) is 0.938. The average molecular weight is 447 g/mol. The topological polar surface area (TPSA) is 44.8 Å². The minimum atomic E-state index is -3.75. The normalized spacial score (nSPS) is 11.4. The zero-order valence-corrected chi connectivity index (χ0v) is 19.9. The first-order valence-corrected chi connectivity index (χ1v) is 13.4. The van der Waals surface area contributed by atoms with Crippen LogP contribution in [0.2, 0.25) is 0 Å². The van der Waals surface area contributed by atoms with E-state index >= 15 is 0 Å². The smallest absolute Gasteiger partial charge is 0.395 e. The van der Waals surface area contributed by atoms with Crippen LogP contribution in [0.15, 0.2) is 60.7 Å². The van der Waals surface area contributed by atoms with E-state index in [0.717, 1.165) is 12.8 Å². The van der Waals surface area contributed by atoms with Crippen LogP contribution in [0.4, 0.5) is 0 Å². The van der Waals surface area contributed by atoms with E-state index in [2.05, 4.69) is 6.92 Å². The Morgan fingerprint density at radius 1 is 0.581 bits per heavy atom. The molecule has 2 rings (SSSR count). The third-order valence-corrected chi connectivity index (χ3v) is 6.54. The van der Waals surface area contributed by atoms with Gasteiger partial charge in [0.15, 0.2) is 0 Å². The molecule has 0 N–H and O–H groups in total. The molecule has 0 saturated heterocycles. The van der Waals surface area contributed by atoms with Gasteiger partial charge in [0.25, 0.3) is 0 Å². The van der Waals surface area contributed by atoms with Gasteiger partial charge in [-0.25, -0.2) is 4.57 Å². The van der Waals surface area contributed by atoms with Crippen LogP contribution >= 0.6 is 7.82 Å². The molecule has 0 atom stereocenters. The Hall–Kier alpha value is -1.77. The maximum absolute atomic E-state index is 13.2. The van der Waals surface area contributed by atoms with E-state index < -0.39 is 7.82 Å². The van der Waals surface area contributed by atoms with Crippen molar-refractivity contribution in [1.82, 2.24) is 0 Å². The molecule has 0 aliphatic carbocycles. The molecule has 4 nitrogen and oxygen atoms in total. The van der Waals surface area contributed by atoms with Gasteiger partial charge in [0, 0.05) is 0 Å². The molecular weight excluding hydrogens is 407 g/mol. The van der Waals surface area contributed by atoms with Gasteiger partial charge in [-0.05, 0) is 30.7 Å². The monoisotopic (exact) mass is 446 g/mol. The molecule has 31 heavy (non-hydrogen) atoms. The number of hydrogen-bond donors (Lipinski definition) is 0. The largest absolute Gasteiger partial charge is 0.587 e. The molecule has 0 saturated carbocycles. The maximum Gasteiger partial charge on any atom is 0.587 e. The van der Waals surface area contributed by atoms with Crippen molar-refractivity contribution in [2.75, 3.05) is 6.61 Å². The molecule has 5 heteroatoms. The quantitative estimate of drug-likeness (QED) is 0.169. The van der Waals surface area contributed by atoms with Gasteiger partial charge in [-0.3, -0.25) is 4.52 Å². The lowest BCUT2D eigenvalue weighted by atomic mass is 10.1. The Bertz CT molecular complexity index is 675. The van der Waals surface area contributed by atoms with E-state index in [-0.39, 0.29) is 0 Å². The van der Waals surface area contributed by atoms with Gasteiger partial charge in [-0.1, -0.05) is 114 Å². The Kier molecular flexibility index (Phi) is 13.1. The van der Waals surface area contributed by atoms with Crippen LogP contribution in [0.3, 0.4) is 0 Å². The molecule has 2 aromatic carbocycles. The van der Waals surface area contributed by atoms with E-state index in [1.54, 1.807) is 24.3 Å². The Balaban J connectivity index is 1.63. The molecule has 0 unspecified atom stereocenters. The fraction of sp³-hybridized carbons (Fsp3) is 0.538. The van der Waals surface area contributed by atoms with Gasteiger partial charge in [0.1, 0.15) is 11.5 Å². The van der Waals surface area contributed by atoms with Crippen LogP contribution in [-0.4, -0.2) is 6.61 Å². The summed E-state index contributed by atoms with van der Waals surface area (Å²) in [4.78, 5) is 0. The average Bonchev–Trinajstić information content (AvgIpc) is 2.78. The van der Waals surface area contributed by atoms with Crippen molar-refractivity contribution in [3.05, 3.63) is 60.7 Å². The summed E-state index contributed by atoms with van der Waals surface area (Å²) in [6.07, 6.45) is 15.2. The van der Waals surface area contributed by atoms with Gasteiger partial charge < -0.3 is 9.05 Å². The fourth-order valence-corrected chi connectivity index (χ4v) is 4.67. The molecule has 0 aliphatic heterocycles. The molecular formula is C26H39O4P. The van der Waals surface area contributed by atoms with Crippen molar-refractivity contribution < 1.29 is 18.1 Å². The van der Waals surface area contributed by atoms with Crippen LogP contribution in [-0.2, 0) is 9.09 Å². The van der Waals surface area contributed by atoms with Gasteiger partial charge >= 0.3 is 7.82 Å². The lowest BCUT2D eigenvalue weighted by Crippen LogP contribution is -2.06. The lowest BCUT2D eigenvalue weighted by Gasteiger charge is -2.19. The van der Waals surface area contributed by atoms with Gasteiger partial charge in [0.2, 0.25) is 0 Å². The molecule has 0 radical (unpaired) electrons. The number of para-hydroxylation sites is 2. The molecule has 2 aromatic rings. The summed E-state index contributed by atoms with van der Waals surface area (Å²) in [6.45, 7) is 2.62. The number of benzene rings is 2. The van der Waals surface area contributed by atoms with Crippen molar-refractivity contribution in [2.24, 2.45) is 0 Å². The van der Waals surface area contributed by atoms with Crippen molar-refractivity contribution >= 4 is 7.82 Å². The second kappa shape index (κ2) is 15.9. The minimum Gasteiger partial charge on any atom is -0.395 e. The van der Waals surface area contributed by atoms with Crippen LogP contribution in [0.1, 0.15) is 84.0 Å². The van der Waals surface area contributed by atoms with E-state index in [1.165, 1.54) is 64.2 Å². The summed E-state index contributed by atoms with van der Waals surface area (Å²) in [7, 11) is -3.75. The van der Waals surface area contributed by atoms with Crippen LogP contribution in [0.25, 0.3) is 0 Å². The predicted molar refractivity (Wildman–Crippen MR) is 129 cm³/mol. The first-order valence-electron chi connectivity index (χ1n) is 12.0. The third kappa shape index (κ3) is 12.0. The Morgan fingerprint density at radius 3 is 1.39 bits per heavy atom. The molecule has 0 heterocycles. The first kappa shape index (κ1) is 25.5. The van der Waals surface area contributed by atoms with E-state index in [4.69, 9.17) is 13.6 Å². The first-order chi connectivity index (χ1) is 15.2. The third-order valence-electron chi connectivity index (χ3n) is 5.17. The van der Waals surface area contributed by atoms with Crippen molar-refractivity contribution in [2.45, 2.75) is 84.0 Å². The number of rotatable bonds is 18. The van der Waals surface area contributed by atoms with Crippen LogP contribution < -0.4 is 9.05 Å². The molecule has 0 amide bonds. The molecule has 0 aliphatic rings.